The lowest BCUT2D eigenvalue weighted by molar-refractivity contribution is -0.117. The summed E-state index contributed by atoms with van der Waals surface area (Å²) in [5.41, 5.74) is 2.88. The summed E-state index contributed by atoms with van der Waals surface area (Å²) in [6.07, 6.45) is 2.10. The lowest BCUT2D eigenvalue weighted by Gasteiger charge is -2.07. The molecular weight excluding hydrogens is 448 g/mol. The Morgan fingerprint density at radius 3 is 2.74 bits per heavy atom. The minimum atomic E-state index is -0.522. The number of nitrogens with one attached hydrogen (secondary N) is 3. The standard InChI is InChI=1S/C26H28N4O5/c1-17(21-15-28-22-12-6-5-11-20(21)22)23-24(32)30-25(35-23)29-14-19(31)10-7-13-27-26(33)34-16-18-8-3-2-4-9-18/h2-6,8-9,11-12,15,17,28,32H,7,10,13-14,16H2,1H3,(H,27,33)(H,29,30)/t17-/m1/s1. The number of rotatable bonds is 11. The van der Waals surface area contributed by atoms with Crippen LogP contribution in [0.15, 0.2) is 65.2 Å². The van der Waals surface area contributed by atoms with E-state index in [0.29, 0.717) is 18.7 Å². The van der Waals surface area contributed by atoms with E-state index in [1.165, 1.54) is 0 Å². The number of aromatic hydroxyl groups is 1. The first-order valence-electron chi connectivity index (χ1n) is 11.5. The van der Waals surface area contributed by atoms with Crippen molar-refractivity contribution in [2.75, 3.05) is 18.4 Å². The second kappa shape index (κ2) is 11.2. The number of ketones is 1. The summed E-state index contributed by atoms with van der Waals surface area (Å²) in [5.74, 6) is -0.204. The molecule has 0 spiro atoms. The molecule has 0 saturated heterocycles. The van der Waals surface area contributed by atoms with Crippen molar-refractivity contribution < 1.29 is 23.8 Å². The number of nitrogens with zero attached hydrogens (tertiary/aromatic N) is 1. The molecule has 35 heavy (non-hydrogen) atoms. The van der Waals surface area contributed by atoms with Gasteiger partial charge in [-0.25, -0.2) is 4.79 Å². The van der Waals surface area contributed by atoms with Gasteiger partial charge >= 0.3 is 6.09 Å². The average Bonchev–Trinajstić information content (AvgIpc) is 3.48. The number of aromatic nitrogens is 2. The monoisotopic (exact) mass is 476 g/mol. The molecule has 2 aromatic heterocycles. The summed E-state index contributed by atoms with van der Waals surface area (Å²) in [7, 11) is 0. The molecule has 0 fully saturated rings. The van der Waals surface area contributed by atoms with Crippen LogP contribution in [0.5, 0.6) is 5.88 Å². The van der Waals surface area contributed by atoms with Crippen LogP contribution in [-0.2, 0) is 16.1 Å². The zero-order valence-electron chi connectivity index (χ0n) is 19.4. The van der Waals surface area contributed by atoms with Crippen molar-refractivity contribution in [3.63, 3.8) is 0 Å². The quantitative estimate of drug-likeness (QED) is 0.231. The fourth-order valence-corrected chi connectivity index (χ4v) is 3.79. The van der Waals surface area contributed by atoms with Gasteiger partial charge in [-0.15, -0.1) is 0 Å². The topological polar surface area (TPSA) is 129 Å². The highest BCUT2D eigenvalue weighted by molar-refractivity contribution is 5.84. The molecule has 0 unspecified atom stereocenters. The normalized spacial score (nSPS) is 11.8. The third-order valence-electron chi connectivity index (χ3n) is 5.67. The maximum atomic E-state index is 12.2. The van der Waals surface area contributed by atoms with E-state index in [9.17, 15) is 14.7 Å². The van der Waals surface area contributed by atoms with Crippen molar-refractivity contribution in [2.45, 2.75) is 32.3 Å². The van der Waals surface area contributed by atoms with Crippen LogP contribution in [0.25, 0.3) is 10.9 Å². The zero-order valence-corrected chi connectivity index (χ0v) is 19.4. The van der Waals surface area contributed by atoms with Gasteiger partial charge in [-0.05, 0) is 23.6 Å². The largest absolute Gasteiger partial charge is 0.491 e. The smallest absolute Gasteiger partial charge is 0.407 e. The highest BCUT2D eigenvalue weighted by Crippen LogP contribution is 2.36. The maximum Gasteiger partial charge on any atom is 0.407 e. The summed E-state index contributed by atoms with van der Waals surface area (Å²) in [4.78, 5) is 31.1. The predicted octanol–water partition coefficient (Wildman–Crippen LogP) is 4.70. The van der Waals surface area contributed by atoms with Gasteiger partial charge in [0.15, 0.2) is 11.5 Å². The fraction of sp³-hybridized carbons (Fsp3) is 0.269. The molecule has 0 bridgehead atoms. The summed E-state index contributed by atoms with van der Waals surface area (Å²) in [5, 5.41) is 16.8. The number of para-hydroxylation sites is 1. The molecule has 0 radical (unpaired) electrons. The summed E-state index contributed by atoms with van der Waals surface area (Å²) in [6, 6.07) is 17.4. The molecule has 1 atom stereocenters. The first kappa shape index (κ1) is 23.9. The van der Waals surface area contributed by atoms with Crippen LogP contribution in [0.3, 0.4) is 0 Å². The van der Waals surface area contributed by atoms with Crippen molar-refractivity contribution >= 4 is 28.8 Å². The maximum absolute atomic E-state index is 12.2. The molecular formula is C26H28N4O5. The Morgan fingerprint density at radius 2 is 1.91 bits per heavy atom. The van der Waals surface area contributed by atoms with Crippen molar-refractivity contribution in [1.82, 2.24) is 15.3 Å². The number of amides is 1. The Balaban J connectivity index is 1.19. The van der Waals surface area contributed by atoms with Gasteiger partial charge in [-0.3, -0.25) is 4.79 Å². The number of carbonyl (C=O) groups excluding carboxylic acids is 2. The lowest BCUT2D eigenvalue weighted by Crippen LogP contribution is -2.26. The molecule has 9 nitrogen and oxygen atoms in total. The van der Waals surface area contributed by atoms with Crippen LogP contribution in [0.2, 0.25) is 0 Å². The van der Waals surface area contributed by atoms with Crippen LogP contribution < -0.4 is 10.6 Å². The van der Waals surface area contributed by atoms with Crippen LogP contribution in [-0.4, -0.2) is 40.0 Å². The van der Waals surface area contributed by atoms with Crippen molar-refractivity contribution in [3.8, 4) is 5.88 Å². The Morgan fingerprint density at radius 1 is 1.14 bits per heavy atom. The number of hydrogen-bond acceptors (Lipinski definition) is 7. The highest BCUT2D eigenvalue weighted by atomic mass is 16.5. The number of oxazole rings is 1. The van der Waals surface area contributed by atoms with Crippen molar-refractivity contribution in [3.05, 3.63) is 77.7 Å². The molecule has 1 amide bonds. The van der Waals surface area contributed by atoms with Gasteiger partial charge < -0.3 is 29.9 Å². The first-order valence-corrected chi connectivity index (χ1v) is 11.5. The number of H-pyrrole nitrogens is 1. The van der Waals surface area contributed by atoms with E-state index < -0.39 is 6.09 Å². The van der Waals surface area contributed by atoms with Gasteiger partial charge in [0.25, 0.3) is 11.9 Å². The fourth-order valence-electron chi connectivity index (χ4n) is 3.79. The van der Waals surface area contributed by atoms with Gasteiger partial charge in [0, 0.05) is 36.0 Å². The van der Waals surface area contributed by atoms with Crippen LogP contribution in [0.4, 0.5) is 10.8 Å². The highest BCUT2D eigenvalue weighted by Gasteiger charge is 2.23. The van der Waals surface area contributed by atoms with Crippen molar-refractivity contribution in [2.24, 2.45) is 0 Å². The molecule has 182 valence electrons. The van der Waals surface area contributed by atoms with E-state index in [1.807, 2.05) is 67.7 Å². The molecule has 4 rings (SSSR count). The second-order valence-corrected chi connectivity index (χ2v) is 8.20. The van der Waals surface area contributed by atoms with E-state index in [4.69, 9.17) is 9.15 Å². The molecule has 0 saturated carbocycles. The number of alkyl carbamates (subject to hydrolysis) is 1. The van der Waals surface area contributed by atoms with Gasteiger partial charge in [0.1, 0.15) is 6.61 Å². The number of Topliss-reactive ketones (excluding diaryl/α,β-unsaturated/α-hetero) is 1. The van der Waals surface area contributed by atoms with E-state index >= 15 is 0 Å². The third-order valence-corrected chi connectivity index (χ3v) is 5.67. The van der Waals surface area contributed by atoms with E-state index in [-0.39, 0.29) is 43.2 Å². The minimum Gasteiger partial charge on any atom is -0.491 e. The predicted molar refractivity (Wildman–Crippen MR) is 131 cm³/mol. The number of aromatic amines is 1. The lowest BCUT2D eigenvalue weighted by atomic mass is 9.98. The number of fused-ring (bicyclic) bond motifs is 1. The summed E-state index contributed by atoms with van der Waals surface area (Å²) >= 11 is 0. The van der Waals surface area contributed by atoms with Crippen LogP contribution >= 0.6 is 0 Å². The Bertz CT molecular complexity index is 1280. The molecule has 4 N–H and O–H groups in total. The van der Waals surface area contributed by atoms with Gasteiger partial charge in [-0.2, -0.15) is 4.98 Å². The van der Waals surface area contributed by atoms with Gasteiger partial charge in [0.2, 0.25) is 0 Å². The minimum absolute atomic E-state index is 0.000681. The first-order chi connectivity index (χ1) is 17.0. The van der Waals surface area contributed by atoms with Gasteiger partial charge in [-0.1, -0.05) is 55.5 Å². The number of ether oxygens (including phenoxy) is 1. The molecule has 0 aliphatic carbocycles. The van der Waals surface area contributed by atoms with E-state index in [2.05, 4.69) is 20.6 Å². The second-order valence-electron chi connectivity index (χ2n) is 8.20. The van der Waals surface area contributed by atoms with Crippen LogP contribution in [0.1, 0.15) is 42.6 Å². The molecule has 4 aromatic rings. The summed E-state index contributed by atoms with van der Waals surface area (Å²) < 4.78 is 10.8. The number of carbonyl (C=O) groups is 2. The SMILES string of the molecule is C[C@@H](c1oc(NCC(=O)CCCNC(=O)OCc2ccccc2)nc1O)c1c[nH]c2ccccc12. The number of anilines is 1. The third kappa shape index (κ3) is 6.20. The zero-order chi connectivity index (χ0) is 24.6. The average molecular weight is 477 g/mol. The molecule has 2 heterocycles. The van der Waals surface area contributed by atoms with E-state index in [0.717, 1.165) is 22.0 Å². The Hall–Kier alpha value is -4.27. The Labute approximate surface area is 202 Å². The molecule has 0 aliphatic rings. The van der Waals surface area contributed by atoms with E-state index in [1.54, 1.807) is 0 Å². The molecule has 9 heteroatoms. The molecule has 0 aliphatic heterocycles. The van der Waals surface area contributed by atoms with Crippen LogP contribution in [0, 0.1) is 0 Å². The number of benzene rings is 2. The molecule has 2 aromatic carbocycles. The Kier molecular flexibility index (Phi) is 7.67. The number of hydrogen-bond donors (Lipinski definition) is 4. The summed E-state index contributed by atoms with van der Waals surface area (Å²) in [6.45, 7) is 2.44. The van der Waals surface area contributed by atoms with Crippen molar-refractivity contribution in [1.29, 1.82) is 0 Å². The van der Waals surface area contributed by atoms with Gasteiger partial charge in [0.05, 0.1) is 6.54 Å².